The Hall–Kier alpha value is -1.78. The maximum atomic E-state index is 11.9. The van der Waals surface area contributed by atoms with Crippen LogP contribution in [0.5, 0.6) is 0 Å². The summed E-state index contributed by atoms with van der Waals surface area (Å²) in [7, 11) is 0. The summed E-state index contributed by atoms with van der Waals surface area (Å²) in [6.45, 7) is 5.22. The van der Waals surface area contributed by atoms with Crippen molar-refractivity contribution >= 4 is 11.9 Å². The predicted molar refractivity (Wildman–Crippen MR) is 115 cm³/mol. The van der Waals surface area contributed by atoms with Gasteiger partial charge in [0.05, 0.1) is 0 Å². The maximum absolute atomic E-state index is 11.9. The monoisotopic (exact) mass is 408 g/mol. The lowest BCUT2D eigenvalue weighted by Crippen LogP contribution is -2.42. The molecule has 1 N–H and O–H groups in total. The van der Waals surface area contributed by atoms with Crippen molar-refractivity contribution in [2.24, 2.45) is 0 Å². The van der Waals surface area contributed by atoms with Crippen LogP contribution in [0.25, 0.3) is 0 Å². The van der Waals surface area contributed by atoms with E-state index in [0.29, 0.717) is 0 Å². The smallest absolute Gasteiger partial charge is 0.352 e. The number of carbonyl (C=O) groups excluding carboxylic acids is 2. The van der Waals surface area contributed by atoms with Crippen LogP contribution in [0, 0.1) is 0 Å². The van der Waals surface area contributed by atoms with Crippen molar-refractivity contribution in [1.29, 1.82) is 0 Å². The van der Waals surface area contributed by atoms with Gasteiger partial charge < -0.3 is 14.6 Å². The SMILES string of the molecule is CCCCCCCCC=CCCCCCCCC(O)=C1C(=O)OC(C)(C)OC1=O. The molecule has 0 radical (unpaired) electrons. The Kier molecular flexibility index (Phi) is 12.4. The Morgan fingerprint density at radius 3 is 1.76 bits per heavy atom. The first-order valence-electron chi connectivity index (χ1n) is 11.4. The van der Waals surface area contributed by atoms with Gasteiger partial charge >= 0.3 is 11.9 Å². The molecular weight excluding hydrogens is 368 g/mol. The van der Waals surface area contributed by atoms with Crippen LogP contribution in [0.1, 0.15) is 111 Å². The van der Waals surface area contributed by atoms with E-state index >= 15 is 0 Å². The average Bonchev–Trinajstić information content (AvgIpc) is 2.63. The molecule has 0 aromatic rings. The molecule has 0 atom stereocenters. The summed E-state index contributed by atoms with van der Waals surface area (Å²) >= 11 is 0. The molecule has 0 unspecified atom stereocenters. The van der Waals surface area contributed by atoms with Crippen molar-refractivity contribution in [3.63, 3.8) is 0 Å². The zero-order valence-electron chi connectivity index (χ0n) is 18.6. The van der Waals surface area contributed by atoms with Crippen LogP contribution in [0.3, 0.4) is 0 Å². The molecule has 1 fully saturated rings. The predicted octanol–water partition coefficient (Wildman–Crippen LogP) is 6.67. The molecule has 166 valence electrons. The van der Waals surface area contributed by atoms with Gasteiger partial charge in [-0.1, -0.05) is 70.4 Å². The highest BCUT2D eigenvalue weighted by atomic mass is 16.7. The number of hydrogen-bond acceptors (Lipinski definition) is 5. The minimum Gasteiger partial charge on any atom is -0.511 e. The van der Waals surface area contributed by atoms with Crippen molar-refractivity contribution in [2.45, 2.75) is 116 Å². The van der Waals surface area contributed by atoms with Crippen molar-refractivity contribution in [3.05, 3.63) is 23.5 Å². The number of hydrogen-bond donors (Lipinski definition) is 1. The van der Waals surface area contributed by atoms with E-state index in [1.54, 1.807) is 0 Å². The van der Waals surface area contributed by atoms with E-state index in [1.165, 1.54) is 65.2 Å². The normalized spacial score (nSPS) is 16.2. The zero-order valence-corrected chi connectivity index (χ0v) is 18.6. The second-order valence-corrected chi connectivity index (χ2v) is 8.33. The van der Waals surface area contributed by atoms with Crippen LogP contribution in [-0.2, 0) is 19.1 Å². The minimum atomic E-state index is -1.28. The average molecular weight is 409 g/mol. The van der Waals surface area contributed by atoms with Crippen molar-refractivity contribution in [1.82, 2.24) is 0 Å². The quantitative estimate of drug-likeness (QED) is 0.0818. The summed E-state index contributed by atoms with van der Waals surface area (Å²) in [6, 6.07) is 0. The third-order valence-electron chi connectivity index (χ3n) is 5.05. The van der Waals surface area contributed by atoms with Gasteiger partial charge in [0.25, 0.3) is 5.79 Å². The van der Waals surface area contributed by atoms with Crippen molar-refractivity contribution in [2.75, 3.05) is 0 Å². The summed E-state index contributed by atoms with van der Waals surface area (Å²) in [4.78, 5) is 23.7. The molecule has 0 bridgehead atoms. The van der Waals surface area contributed by atoms with E-state index < -0.39 is 17.7 Å². The van der Waals surface area contributed by atoms with Gasteiger partial charge in [-0.2, -0.15) is 0 Å². The Morgan fingerprint density at radius 1 is 0.793 bits per heavy atom. The molecule has 0 aromatic heterocycles. The van der Waals surface area contributed by atoms with Crippen LogP contribution in [0.15, 0.2) is 23.5 Å². The number of aliphatic hydroxyl groups is 1. The number of cyclic esters (lactones) is 2. The summed E-state index contributed by atoms with van der Waals surface area (Å²) in [5.41, 5.74) is -0.361. The van der Waals surface area contributed by atoms with E-state index in [9.17, 15) is 14.7 Å². The molecule has 1 heterocycles. The molecular formula is C24H40O5. The minimum absolute atomic E-state index is 0.229. The van der Waals surface area contributed by atoms with E-state index in [1.807, 2.05) is 0 Å². The number of unbranched alkanes of at least 4 members (excludes halogenated alkanes) is 11. The molecule has 0 amide bonds. The van der Waals surface area contributed by atoms with Crippen molar-refractivity contribution in [3.8, 4) is 0 Å². The second-order valence-electron chi connectivity index (χ2n) is 8.33. The molecule has 0 saturated carbocycles. The summed E-state index contributed by atoms with van der Waals surface area (Å²) in [6.07, 6.45) is 20.4. The summed E-state index contributed by atoms with van der Waals surface area (Å²) in [5.74, 6) is -3.12. The highest BCUT2D eigenvalue weighted by Gasteiger charge is 2.40. The van der Waals surface area contributed by atoms with Crippen LogP contribution in [-0.4, -0.2) is 22.8 Å². The topological polar surface area (TPSA) is 72.8 Å². The van der Waals surface area contributed by atoms with Gasteiger partial charge in [0, 0.05) is 20.3 Å². The second kappa shape index (κ2) is 14.2. The van der Waals surface area contributed by atoms with Crippen LogP contribution < -0.4 is 0 Å². The molecule has 1 aliphatic heterocycles. The Labute approximate surface area is 176 Å². The molecule has 1 saturated heterocycles. The molecule has 1 aliphatic rings. The lowest BCUT2D eigenvalue weighted by molar-refractivity contribution is -0.222. The van der Waals surface area contributed by atoms with Gasteiger partial charge in [-0.15, -0.1) is 0 Å². The van der Waals surface area contributed by atoms with Gasteiger partial charge in [0.2, 0.25) is 0 Å². The molecule has 1 rings (SSSR count). The van der Waals surface area contributed by atoms with Crippen LogP contribution in [0.4, 0.5) is 0 Å². The Morgan fingerprint density at radius 2 is 1.24 bits per heavy atom. The third-order valence-corrected chi connectivity index (χ3v) is 5.05. The lowest BCUT2D eigenvalue weighted by Gasteiger charge is -2.30. The third kappa shape index (κ3) is 11.1. The number of aliphatic hydroxyl groups excluding tert-OH is 1. The summed E-state index contributed by atoms with van der Waals surface area (Å²) in [5, 5.41) is 10.1. The first kappa shape index (κ1) is 25.3. The largest absolute Gasteiger partial charge is 0.511 e. The number of allylic oxidation sites excluding steroid dienone is 3. The van der Waals surface area contributed by atoms with Crippen LogP contribution in [0.2, 0.25) is 0 Å². The molecule has 29 heavy (non-hydrogen) atoms. The number of esters is 2. The fourth-order valence-electron chi connectivity index (χ4n) is 3.38. The van der Waals surface area contributed by atoms with Gasteiger partial charge in [-0.3, -0.25) is 0 Å². The zero-order chi connectivity index (χ0) is 21.5. The molecule has 5 nitrogen and oxygen atoms in total. The van der Waals surface area contributed by atoms with Crippen LogP contribution >= 0.6 is 0 Å². The first-order chi connectivity index (χ1) is 13.9. The lowest BCUT2D eigenvalue weighted by atomic mass is 10.1. The highest BCUT2D eigenvalue weighted by molar-refractivity contribution is 6.15. The molecule has 0 aromatic carbocycles. The van der Waals surface area contributed by atoms with Gasteiger partial charge in [0.1, 0.15) is 5.76 Å². The van der Waals surface area contributed by atoms with Gasteiger partial charge in [-0.05, 0) is 32.1 Å². The van der Waals surface area contributed by atoms with E-state index in [0.717, 1.165) is 32.1 Å². The van der Waals surface area contributed by atoms with Crippen molar-refractivity contribution < 1.29 is 24.2 Å². The van der Waals surface area contributed by atoms with E-state index in [4.69, 9.17) is 9.47 Å². The number of carbonyl (C=O) groups is 2. The first-order valence-corrected chi connectivity index (χ1v) is 11.4. The van der Waals surface area contributed by atoms with Gasteiger partial charge in [0.15, 0.2) is 5.57 Å². The molecule has 5 heteroatoms. The van der Waals surface area contributed by atoms with E-state index in [2.05, 4.69) is 19.1 Å². The van der Waals surface area contributed by atoms with Gasteiger partial charge in [-0.25, -0.2) is 9.59 Å². The van der Waals surface area contributed by atoms with E-state index in [-0.39, 0.29) is 17.8 Å². The molecule has 0 spiro atoms. The molecule has 0 aliphatic carbocycles. The number of ether oxygens (including phenoxy) is 2. The fraction of sp³-hybridized carbons (Fsp3) is 0.750. The number of rotatable bonds is 15. The summed E-state index contributed by atoms with van der Waals surface area (Å²) < 4.78 is 10.0. The Bertz CT molecular complexity index is 538. The highest BCUT2D eigenvalue weighted by Crippen LogP contribution is 2.25. The fourth-order valence-corrected chi connectivity index (χ4v) is 3.38. The maximum Gasteiger partial charge on any atom is 0.352 e. The Balaban J connectivity index is 2.05. The standard InChI is InChI=1S/C24H40O5/c1-4-5-6-7-8-9-10-11-12-13-14-15-16-17-18-19-20(25)21-22(26)28-24(2,3)29-23(21)27/h11-12,25H,4-10,13-19H2,1-3H3.